The maximum atomic E-state index is 12.8. The van der Waals surface area contributed by atoms with E-state index in [-0.39, 0.29) is 18.1 Å². The number of fused-ring (bicyclic) bond motifs is 1. The Morgan fingerprint density at radius 1 is 1.04 bits per heavy atom. The largest absolute Gasteiger partial charge is 0.460 e. The molecule has 0 aliphatic rings. The fourth-order valence-corrected chi connectivity index (χ4v) is 2.33. The van der Waals surface area contributed by atoms with Crippen molar-refractivity contribution in [2.45, 2.75) is 19.8 Å². The van der Waals surface area contributed by atoms with Gasteiger partial charge in [0.2, 0.25) is 11.2 Å². The van der Waals surface area contributed by atoms with Crippen LogP contribution in [-0.2, 0) is 4.74 Å². The van der Waals surface area contributed by atoms with Gasteiger partial charge in [0, 0.05) is 0 Å². The van der Waals surface area contributed by atoms with E-state index < -0.39 is 11.4 Å². The Hall–Kier alpha value is -3.08. The van der Waals surface area contributed by atoms with Gasteiger partial charge in [0.25, 0.3) is 5.76 Å². The van der Waals surface area contributed by atoms with Gasteiger partial charge < -0.3 is 13.9 Å². The summed E-state index contributed by atoms with van der Waals surface area (Å²) in [7, 11) is 0. The van der Waals surface area contributed by atoms with Crippen molar-refractivity contribution in [3.63, 3.8) is 0 Å². The van der Waals surface area contributed by atoms with Crippen LogP contribution in [0.5, 0.6) is 11.5 Å². The summed E-state index contributed by atoms with van der Waals surface area (Å²) in [5, 5.41) is 0.346. The first-order valence-corrected chi connectivity index (χ1v) is 8.16. The van der Waals surface area contributed by atoms with Crippen molar-refractivity contribution in [3.05, 3.63) is 70.6 Å². The number of para-hydroxylation sites is 2. The molecule has 0 saturated heterocycles. The lowest BCUT2D eigenvalue weighted by Gasteiger charge is -2.10. The first-order chi connectivity index (χ1) is 12.2. The third-order valence-electron chi connectivity index (χ3n) is 3.64. The van der Waals surface area contributed by atoms with E-state index in [2.05, 4.69) is 0 Å². The van der Waals surface area contributed by atoms with E-state index in [9.17, 15) is 9.59 Å². The normalized spacial score (nSPS) is 10.6. The van der Waals surface area contributed by atoms with Crippen LogP contribution in [0.3, 0.4) is 0 Å². The molecular formula is C20H18O5. The van der Waals surface area contributed by atoms with Crippen LogP contribution >= 0.6 is 0 Å². The van der Waals surface area contributed by atoms with Crippen molar-refractivity contribution in [1.82, 2.24) is 0 Å². The van der Waals surface area contributed by atoms with E-state index in [1.54, 1.807) is 48.5 Å². The molecule has 0 radical (unpaired) electrons. The van der Waals surface area contributed by atoms with Gasteiger partial charge in [-0.05, 0) is 30.7 Å². The van der Waals surface area contributed by atoms with Gasteiger partial charge in [0.05, 0.1) is 12.0 Å². The van der Waals surface area contributed by atoms with E-state index in [1.807, 2.05) is 13.0 Å². The Morgan fingerprint density at radius 2 is 1.76 bits per heavy atom. The van der Waals surface area contributed by atoms with E-state index in [4.69, 9.17) is 13.9 Å². The molecule has 0 amide bonds. The van der Waals surface area contributed by atoms with Gasteiger partial charge in [0.1, 0.15) is 11.3 Å². The van der Waals surface area contributed by atoms with Gasteiger partial charge in [-0.3, -0.25) is 4.79 Å². The second kappa shape index (κ2) is 7.66. The molecule has 25 heavy (non-hydrogen) atoms. The molecule has 3 rings (SSSR count). The number of hydrogen-bond donors (Lipinski definition) is 0. The number of ether oxygens (including phenoxy) is 2. The fraction of sp³-hybridized carbons (Fsp3) is 0.200. The molecule has 1 aromatic heterocycles. The fourth-order valence-electron chi connectivity index (χ4n) is 2.33. The molecule has 0 aliphatic heterocycles. The average molecular weight is 338 g/mol. The number of hydrogen-bond acceptors (Lipinski definition) is 5. The summed E-state index contributed by atoms with van der Waals surface area (Å²) in [6, 6.07) is 15.5. The van der Waals surface area contributed by atoms with E-state index >= 15 is 0 Å². The SMILES string of the molecule is CCCCOC(=O)c1oc2ccccc2c(=O)c1Oc1ccccc1. The zero-order valence-electron chi connectivity index (χ0n) is 13.9. The monoisotopic (exact) mass is 338 g/mol. The van der Waals surface area contributed by atoms with Crippen molar-refractivity contribution in [1.29, 1.82) is 0 Å². The molecule has 0 bridgehead atoms. The summed E-state index contributed by atoms with van der Waals surface area (Å²) in [5.74, 6) is -0.648. The van der Waals surface area contributed by atoms with Gasteiger partial charge in [-0.2, -0.15) is 0 Å². The molecule has 1 heterocycles. The molecule has 0 saturated carbocycles. The first kappa shape index (κ1) is 16.8. The van der Waals surface area contributed by atoms with Gasteiger partial charge in [-0.1, -0.05) is 43.7 Å². The number of esters is 1. The van der Waals surface area contributed by atoms with Gasteiger partial charge in [0.15, 0.2) is 0 Å². The Labute approximate surface area is 144 Å². The molecule has 0 atom stereocenters. The predicted octanol–water partition coefficient (Wildman–Crippen LogP) is 4.54. The van der Waals surface area contributed by atoms with Crippen LogP contribution in [0.25, 0.3) is 11.0 Å². The smallest absolute Gasteiger partial charge is 0.378 e. The zero-order valence-corrected chi connectivity index (χ0v) is 13.9. The summed E-state index contributed by atoms with van der Waals surface area (Å²) in [6.45, 7) is 2.25. The summed E-state index contributed by atoms with van der Waals surface area (Å²) in [6.07, 6.45) is 1.63. The van der Waals surface area contributed by atoms with Crippen LogP contribution < -0.4 is 10.2 Å². The second-order valence-corrected chi connectivity index (χ2v) is 5.49. The molecule has 0 unspecified atom stereocenters. The Morgan fingerprint density at radius 3 is 2.52 bits per heavy atom. The van der Waals surface area contributed by atoms with Gasteiger partial charge in [-0.15, -0.1) is 0 Å². The first-order valence-electron chi connectivity index (χ1n) is 8.16. The minimum absolute atomic E-state index is 0.161. The molecule has 0 fully saturated rings. The minimum Gasteiger partial charge on any atom is -0.460 e. The van der Waals surface area contributed by atoms with Crippen LogP contribution in [0.15, 0.2) is 63.8 Å². The Balaban J connectivity index is 2.07. The summed E-state index contributed by atoms with van der Waals surface area (Å²) in [4.78, 5) is 25.2. The molecule has 3 aromatic rings. The summed E-state index contributed by atoms with van der Waals surface area (Å²) >= 11 is 0. The molecule has 128 valence electrons. The van der Waals surface area contributed by atoms with Crippen LogP contribution in [0, 0.1) is 0 Å². The molecule has 5 heteroatoms. The highest BCUT2D eigenvalue weighted by Crippen LogP contribution is 2.26. The van der Waals surface area contributed by atoms with Crippen LogP contribution in [0.4, 0.5) is 0 Å². The topological polar surface area (TPSA) is 65.7 Å². The third kappa shape index (κ3) is 3.71. The van der Waals surface area contributed by atoms with Crippen molar-refractivity contribution in [3.8, 4) is 11.5 Å². The van der Waals surface area contributed by atoms with Crippen LogP contribution in [0.2, 0.25) is 0 Å². The van der Waals surface area contributed by atoms with Gasteiger partial charge in [-0.25, -0.2) is 4.79 Å². The highest BCUT2D eigenvalue weighted by atomic mass is 16.6. The lowest BCUT2D eigenvalue weighted by molar-refractivity contribution is 0.0459. The van der Waals surface area contributed by atoms with Crippen molar-refractivity contribution >= 4 is 16.9 Å². The average Bonchev–Trinajstić information content (AvgIpc) is 2.65. The molecule has 0 N–H and O–H groups in total. The molecule has 5 nitrogen and oxygen atoms in total. The summed E-state index contributed by atoms with van der Waals surface area (Å²) < 4.78 is 16.5. The number of carbonyl (C=O) groups is 1. The third-order valence-corrected chi connectivity index (χ3v) is 3.64. The van der Waals surface area contributed by atoms with Crippen molar-refractivity contribution in [2.75, 3.05) is 6.61 Å². The quantitative estimate of drug-likeness (QED) is 0.487. The van der Waals surface area contributed by atoms with E-state index in [0.29, 0.717) is 16.7 Å². The summed E-state index contributed by atoms with van der Waals surface area (Å²) in [5.41, 5.74) is -0.0940. The molecule has 0 spiro atoms. The number of carbonyl (C=O) groups excluding carboxylic acids is 1. The number of rotatable bonds is 6. The maximum absolute atomic E-state index is 12.8. The van der Waals surface area contributed by atoms with E-state index in [0.717, 1.165) is 12.8 Å². The second-order valence-electron chi connectivity index (χ2n) is 5.49. The maximum Gasteiger partial charge on any atom is 0.378 e. The lowest BCUT2D eigenvalue weighted by atomic mass is 10.2. The molecule has 2 aromatic carbocycles. The zero-order chi connectivity index (χ0) is 17.6. The predicted molar refractivity (Wildman–Crippen MR) is 94.2 cm³/mol. The Kier molecular flexibility index (Phi) is 5.14. The van der Waals surface area contributed by atoms with Crippen molar-refractivity contribution < 1.29 is 18.7 Å². The van der Waals surface area contributed by atoms with Crippen LogP contribution in [0.1, 0.15) is 30.3 Å². The minimum atomic E-state index is -0.706. The van der Waals surface area contributed by atoms with Crippen LogP contribution in [-0.4, -0.2) is 12.6 Å². The lowest BCUT2D eigenvalue weighted by Crippen LogP contribution is -2.15. The van der Waals surface area contributed by atoms with E-state index in [1.165, 1.54) is 0 Å². The molecule has 0 aliphatic carbocycles. The Bertz CT molecular complexity index is 928. The highest BCUT2D eigenvalue weighted by Gasteiger charge is 2.24. The number of benzene rings is 2. The van der Waals surface area contributed by atoms with Crippen molar-refractivity contribution in [2.24, 2.45) is 0 Å². The highest BCUT2D eigenvalue weighted by molar-refractivity contribution is 5.92. The standard InChI is InChI=1S/C20H18O5/c1-2-3-13-23-20(22)19-18(24-14-9-5-4-6-10-14)17(21)15-11-7-8-12-16(15)25-19/h4-12H,2-3,13H2,1H3. The molecular weight excluding hydrogens is 320 g/mol. The van der Waals surface area contributed by atoms with Gasteiger partial charge >= 0.3 is 5.97 Å². The number of unbranched alkanes of at least 4 members (excludes halogenated alkanes) is 1.